The Labute approximate surface area is 156 Å². The van der Waals surface area contributed by atoms with Gasteiger partial charge >= 0.3 is 0 Å². The van der Waals surface area contributed by atoms with Gasteiger partial charge < -0.3 is 9.80 Å². The summed E-state index contributed by atoms with van der Waals surface area (Å²) >= 11 is 0. The van der Waals surface area contributed by atoms with E-state index in [2.05, 4.69) is 47.3 Å². The predicted octanol–water partition coefficient (Wildman–Crippen LogP) is 2.60. The molecule has 3 heterocycles. The van der Waals surface area contributed by atoms with Crippen LogP contribution in [0.1, 0.15) is 53.4 Å². The van der Waals surface area contributed by atoms with Gasteiger partial charge in [-0.3, -0.25) is 9.80 Å². The topological polar surface area (TPSA) is 13.0 Å². The molecule has 3 saturated heterocycles. The first-order chi connectivity index (χ1) is 12.0. The summed E-state index contributed by atoms with van der Waals surface area (Å²) < 4.78 is 0. The Morgan fingerprint density at radius 2 is 1.16 bits per heavy atom. The van der Waals surface area contributed by atoms with Crippen LogP contribution in [0.3, 0.4) is 0 Å². The van der Waals surface area contributed by atoms with Gasteiger partial charge in [0.25, 0.3) is 0 Å². The summed E-state index contributed by atoms with van der Waals surface area (Å²) in [6.07, 6.45) is 5.61. The van der Waals surface area contributed by atoms with E-state index < -0.39 is 0 Å². The molecule has 0 bridgehead atoms. The lowest BCUT2D eigenvalue weighted by Gasteiger charge is -2.44. The Hall–Kier alpha value is -0.160. The van der Waals surface area contributed by atoms with Gasteiger partial charge in [0, 0.05) is 50.8 Å². The van der Waals surface area contributed by atoms with E-state index in [-0.39, 0.29) is 0 Å². The minimum Gasteiger partial charge on any atom is -0.303 e. The van der Waals surface area contributed by atoms with E-state index in [1.807, 2.05) is 0 Å². The zero-order valence-corrected chi connectivity index (χ0v) is 17.3. The molecule has 0 amide bonds. The van der Waals surface area contributed by atoms with E-state index in [0.717, 1.165) is 18.0 Å². The smallest absolute Gasteiger partial charge is 0.0121 e. The van der Waals surface area contributed by atoms with E-state index in [1.165, 1.54) is 84.6 Å². The average Bonchev–Trinajstić information content (AvgIpc) is 2.63. The van der Waals surface area contributed by atoms with Crippen molar-refractivity contribution in [3.8, 4) is 0 Å². The predicted molar refractivity (Wildman–Crippen MR) is 107 cm³/mol. The van der Waals surface area contributed by atoms with Crippen LogP contribution in [0.2, 0.25) is 0 Å². The van der Waals surface area contributed by atoms with Gasteiger partial charge in [0.1, 0.15) is 0 Å². The third-order valence-electron chi connectivity index (χ3n) is 7.05. The van der Waals surface area contributed by atoms with Crippen LogP contribution < -0.4 is 0 Å². The van der Waals surface area contributed by atoms with Crippen molar-refractivity contribution in [2.75, 3.05) is 58.9 Å². The van der Waals surface area contributed by atoms with Crippen molar-refractivity contribution in [1.82, 2.24) is 19.6 Å². The van der Waals surface area contributed by atoms with Gasteiger partial charge in [-0.25, -0.2) is 0 Å². The highest BCUT2D eigenvalue weighted by molar-refractivity contribution is 4.85. The Morgan fingerprint density at radius 3 is 1.68 bits per heavy atom. The molecule has 0 saturated carbocycles. The third kappa shape index (κ3) is 5.41. The second-order valence-electron chi connectivity index (χ2n) is 9.27. The lowest BCUT2D eigenvalue weighted by molar-refractivity contribution is 0.0412. The highest BCUT2D eigenvalue weighted by Gasteiger charge is 2.29. The molecule has 3 aliphatic rings. The molecule has 0 spiro atoms. The second-order valence-corrected chi connectivity index (χ2v) is 9.27. The molecule has 25 heavy (non-hydrogen) atoms. The molecule has 0 atom stereocenters. The molecular weight excluding hydrogens is 308 g/mol. The number of rotatable bonds is 5. The molecule has 0 aromatic rings. The maximum atomic E-state index is 2.79. The van der Waals surface area contributed by atoms with Crippen LogP contribution in [0.15, 0.2) is 0 Å². The van der Waals surface area contributed by atoms with Crippen molar-refractivity contribution in [3.63, 3.8) is 0 Å². The molecule has 3 rings (SSSR count). The van der Waals surface area contributed by atoms with Crippen LogP contribution in [-0.2, 0) is 0 Å². The fraction of sp³-hybridized carbons (Fsp3) is 1.00. The van der Waals surface area contributed by atoms with Crippen LogP contribution in [0.25, 0.3) is 0 Å². The quantitative estimate of drug-likeness (QED) is 0.755. The third-order valence-corrected chi connectivity index (χ3v) is 7.05. The molecule has 0 aromatic carbocycles. The van der Waals surface area contributed by atoms with Crippen LogP contribution in [-0.4, -0.2) is 96.6 Å². The van der Waals surface area contributed by atoms with Crippen molar-refractivity contribution >= 4 is 0 Å². The molecule has 0 radical (unpaired) electrons. The van der Waals surface area contributed by atoms with E-state index in [0.29, 0.717) is 6.04 Å². The summed E-state index contributed by atoms with van der Waals surface area (Å²) in [5.74, 6) is 0.945. The van der Waals surface area contributed by atoms with E-state index >= 15 is 0 Å². The van der Waals surface area contributed by atoms with Gasteiger partial charge in [-0.1, -0.05) is 0 Å². The molecule has 0 unspecified atom stereocenters. The normalized spacial score (nSPS) is 27.6. The molecule has 146 valence electrons. The fourth-order valence-corrected chi connectivity index (χ4v) is 5.10. The summed E-state index contributed by atoms with van der Waals surface area (Å²) in [4.78, 5) is 10.8. The van der Waals surface area contributed by atoms with Crippen molar-refractivity contribution in [2.45, 2.75) is 71.5 Å². The molecule has 4 heteroatoms. The van der Waals surface area contributed by atoms with Gasteiger partial charge in [0.2, 0.25) is 0 Å². The molecule has 0 N–H and O–H groups in total. The Bertz CT molecular complexity index is 373. The zero-order valence-electron chi connectivity index (χ0n) is 17.3. The first kappa shape index (κ1) is 19.6. The monoisotopic (exact) mass is 350 g/mol. The lowest BCUT2D eigenvalue weighted by Crippen LogP contribution is -2.54. The van der Waals surface area contributed by atoms with Crippen molar-refractivity contribution in [1.29, 1.82) is 0 Å². The van der Waals surface area contributed by atoms with Crippen LogP contribution >= 0.6 is 0 Å². The number of hydrogen-bond donors (Lipinski definition) is 0. The molecular formula is C21H42N4. The number of piperazine rings is 1. The summed E-state index contributed by atoms with van der Waals surface area (Å²) in [6, 6.07) is 2.30. The van der Waals surface area contributed by atoms with Gasteiger partial charge in [-0.15, -0.1) is 0 Å². The van der Waals surface area contributed by atoms with E-state index in [1.54, 1.807) is 0 Å². The number of likely N-dealkylation sites (tertiary alicyclic amines) is 2. The molecule has 0 aromatic heterocycles. The van der Waals surface area contributed by atoms with Crippen molar-refractivity contribution in [3.05, 3.63) is 0 Å². The van der Waals surface area contributed by atoms with Crippen LogP contribution in [0.4, 0.5) is 0 Å². The molecule has 4 nitrogen and oxygen atoms in total. The first-order valence-electron chi connectivity index (χ1n) is 11.0. The summed E-state index contributed by atoms with van der Waals surface area (Å²) in [5.41, 5.74) is 0. The standard InChI is InChI=1S/C21H42N4/c1-18(2)23-11-5-20(6-12-23)17-22-9-7-21(8-10-22)25-15-13-24(14-16-25)19(3)4/h18-21H,5-17H2,1-4H3. The van der Waals surface area contributed by atoms with Crippen molar-refractivity contribution < 1.29 is 0 Å². The lowest BCUT2D eigenvalue weighted by atomic mass is 9.94. The summed E-state index contributed by atoms with van der Waals surface area (Å²) in [5, 5.41) is 0. The number of nitrogens with zero attached hydrogens (tertiary/aromatic N) is 4. The number of piperidine rings is 2. The second kappa shape index (κ2) is 9.16. The molecule has 0 aliphatic carbocycles. The van der Waals surface area contributed by atoms with Gasteiger partial charge in [0.15, 0.2) is 0 Å². The SMILES string of the molecule is CC(C)N1CCC(CN2CCC(N3CCN(C(C)C)CC3)CC2)CC1. The van der Waals surface area contributed by atoms with Crippen LogP contribution in [0, 0.1) is 5.92 Å². The highest BCUT2D eigenvalue weighted by Crippen LogP contribution is 2.23. The highest BCUT2D eigenvalue weighted by atomic mass is 15.3. The van der Waals surface area contributed by atoms with Gasteiger partial charge in [-0.05, 0) is 85.5 Å². The van der Waals surface area contributed by atoms with E-state index in [4.69, 9.17) is 0 Å². The number of hydrogen-bond acceptors (Lipinski definition) is 4. The fourth-order valence-electron chi connectivity index (χ4n) is 5.10. The van der Waals surface area contributed by atoms with Gasteiger partial charge in [0.05, 0.1) is 0 Å². The first-order valence-corrected chi connectivity index (χ1v) is 11.0. The van der Waals surface area contributed by atoms with Crippen LogP contribution in [0.5, 0.6) is 0 Å². The summed E-state index contributed by atoms with van der Waals surface area (Å²) in [6.45, 7) is 21.1. The molecule has 3 fully saturated rings. The Balaban J connectivity index is 1.34. The maximum Gasteiger partial charge on any atom is 0.0121 e. The average molecular weight is 351 g/mol. The summed E-state index contributed by atoms with van der Waals surface area (Å²) in [7, 11) is 0. The zero-order chi connectivity index (χ0) is 17.8. The Morgan fingerprint density at radius 1 is 0.640 bits per heavy atom. The largest absolute Gasteiger partial charge is 0.303 e. The molecule has 3 aliphatic heterocycles. The Kier molecular flexibility index (Phi) is 7.18. The van der Waals surface area contributed by atoms with Crippen molar-refractivity contribution in [2.24, 2.45) is 5.92 Å². The maximum absolute atomic E-state index is 2.79. The van der Waals surface area contributed by atoms with Gasteiger partial charge in [-0.2, -0.15) is 0 Å². The minimum absolute atomic E-state index is 0.714. The van der Waals surface area contributed by atoms with E-state index in [9.17, 15) is 0 Å². The minimum atomic E-state index is 0.714.